The van der Waals surface area contributed by atoms with Gasteiger partial charge in [-0.2, -0.15) is 0 Å². The Bertz CT molecular complexity index is 7250. The number of benzene rings is 21. The SMILES string of the molecule is c1ccc(-c2ccc(N(c3ccc(-c4ccccc4)cc3)c3cc4c5c(c3)N(c3c(-c6ccccc6)cc(-c6ccccc6)cc3-c3ccccc3)c3cc(-c6ccc7cccc8c9cccc%10cccc(c6c78)c%109)ccc3B5c3cc(-c5ccccc5)ccc3N4c3c(-c4ccccc4)cc(-c4ccccc4)cc3-c3ccccc3)cc2)cc1. The molecule has 120 heavy (non-hydrogen) atoms. The fraction of sp³-hybridized carbons (Fsp3) is 0. The standard InChI is InChI=1S/C116H76BN3/c1-10-31-77(32-11-1)82-55-62-94(63-56-82)118(95-64-57-83(58-65-95)78-33-12-2-13-34-78)96-75-109-114-110(76-96)120(116-103(86-45-24-8-25-46-86)71-93(81-39-18-5-19-40-81)72-104(116)87-47-26-9-27-48-87)108-74-91(97-66-59-89-51-29-53-99-98-52-28-49-88-50-30-54-100(111(88)98)113(97)112(89)99)60-67-105(108)117(114)106-73-90(79-35-14-3-15-36-79)61-68-107(106)119(109)115-101(84-41-20-6-21-42-84)69-92(80-37-16-4-17-38-80)70-102(115)85-43-22-7-23-44-85/h1-76H. The van der Waals surface area contributed by atoms with Crippen LogP contribution in [0.15, 0.2) is 461 Å². The van der Waals surface area contributed by atoms with E-state index in [1.165, 1.54) is 65.0 Å². The van der Waals surface area contributed by atoms with Crippen molar-refractivity contribution in [1.82, 2.24) is 0 Å². The second-order valence-corrected chi connectivity index (χ2v) is 31.7. The van der Waals surface area contributed by atoms with E-state index in [1.54, 1.807) is 0 Å². The van der Waals surface area contributed by atoms with Gasteiger partial charge in [0.15, 0.2) is 0 Å². The Hall–Kier alpha value is -15.6. The molecule has 0 saturated heterocycles. The van der Waals surface area contributed by atoms with Crippen molar-refractivity contribution < 1.29 is 0 Å². The lowest BCUT2D eigenvalue weighted by Crippen LogP contribution is -2.61. The van der Waals surface area contributed by atoms with Crippen molar-refractivity contribution in [3.63, 3.8) is 0 Å². The molecule has 0 atom stereocenters. The fourth-order valence-electron chi connectivity index (χ4n) is 19.5. The molecule has 2 heterocycles. The fourth-order valence-corrected chi connectivity index (χ4v) is 19.5. The van der Waals surface area contributed by atoms with Gasteiger partial charge in [-0.25, -0.2) is 0 Å². The summed E-state index contributed by atoms with van der Waals surface area (Å²) in [6.07, 6.45) is 0. The number of anilines is 9. The van der Waals surface area contributed by atoms with Crippen molar-refractivity contribution in [2.24, 2.45) is 0 Å². The molecule has 0 bridgehead atoms. The number of nitrogens with zero attached hydrogens (tertiary/aromatic N) is 3. The van der Waals surface area contributed by atoms with Gasteiger partial charge in [0.2, 0.25) is 0 Å². The van der Waals surface area contributed by atoms with Crippen LogP contribution < -0.4 is 31.1 Å². The van der Waals surface area contributed by atoms with Crippen LogP contribution in [0.25, 0.3) is 154 Å². The molecule has 558 valence electrons. The average Bonchev–Trinajstić information content (AvgIpc) is 0.688. The van der Waals surface area contributed by atoms with Gasteiger partial charge in [-0.05, 0) is 221 Å². The summed E-state index contributed by atoms with van der Waals surface area (Å²) in [6.45, 7) is -0.349. The first-order valence-electron chi connectivity index (χ1n) is 41.6. The molecule has 0 amide bonds. The monoisotopic (exact) mass is 1520 g/mol. The number of fused-ring (bicyclic) bond motifs is 6. The summed E-state index contributed by atoms with van der Waals surface area (Å²) in [5, 5.41) is 10.0. The maximum Gasteiger partial charge on any atom is 0.252 e. The maximum atomic E-state index is 2.74. The Labute approximate surface area is 699 Å². The summed E-state index contributed by atoms with van der Waals surface area (Å²) >= 11 is 0. The molecule has 0 radical (unpaired) electrons. The second kappa shape index (κ2) is 29.3. The van der Waals surface area contributed by atoms with Crippen LogP contribution in [0.1, 0.15) is 0 Å². The highest BCUT2D eigenvalue weighted by molar-refractivity contribution is 7.00. The van der Waals surface area contributed by atoms with Crippen molar-refractivity contribution >= 4 is 117 Å². The van der Waals surface area contributed by atoms with Gasteiger partial charge < -0.3 is 14.7 Å². The highest BCUT2D eigenvalue weighted by Crippen LogP contribution is 2.57. The summed E-state index contributed by atoms with van der Waals surface area (Å²) in [5.41, 5.74) is 35.5. The average molecular weight is 1520 g/mol. The van der Waals surface area contributed by atoms with Crippen LogP contribution in [0.5, 0.6) is 0 Å². The van der Waals surface area contributed by atoms with Gasteiger partial charge in [0.1, 0.15) is 0 Å². The van der Waals surface area contributed by atoms with E-state index in [2.05, 4.69) is 476 Å². The molecule has 4 heteroatoms. The normalized spacial score (nSPS) is 12.1. The van der Waals surface area contributed by atoms with Gasteiger partial charge in [-0.15, -0.1) is 0 Å². The minimum atomic E-state index is -0.349. The summed E-state index contributed by atoms with van der Waals surface area (Å²) in [6, 6.07) is 173. The molecule has 23 rings (SSSR count). The molecule has 0 aliphatic carbocycles. The third-order valence-corrected chi connectivity index (χ3v) is 24.9. The van der Waals surface area contributed by atoms with Crippen LogP contribution in [-0.4, -0.2) is 6.71 Å². The molecule has 2 aliphatic rings. The van der Waals surface area contributed by atoms with E-state index in [0.717, 1.165) is 157 Å². The Kier molecular flexibility index (Phi) is 17.0. The van der Waals surface area contributed by atoms with Crippen LogP contribution >= 0.6 is 0 Å². The Morgan fingerprint density at radius 3 is 0.942 bits per heavy atom. The van der Waals surface area contributed by atoms with Gasteiger partial charge in [0.25, 0.3) is 6.71 Å². The van der Waals surface area contributed by atoms with Crippen LogP contribution in [0.3, 0.4) is 0 Å². The van der Waals surface area contributed by atoms with E-state index in [9.17, 15) is 0 Å². The molecular formula is C116H76BN3. The highest BCUT2D eigenvalue weighted by Gasteiger charge is 2.46. The molecule has 3 nitrogen and oxygen atoms in total. The minimum absolute atomic E-state index is 0.349. The summed E-state index contributed by atoms with van der Waals surface area (Å²) in [5.74, 6) is 0. The molecule has 21 aromatic rings. The first-order chi connectivity index (χ1) is 59.5. The van der Waals surface area contributed by atoms with E-state index in [-0.39, 0.29) is 6.71 Å². The van der Waals surface area contributed by atoms with Crippen LogP contribution in [0.4, 0.5) is 51.2 Å². The molecular weight excluding hydrogens is 1450 g/mol. The van der Waals surface area contributed by atoms with Gasteiger partial charge >= 0.3 is 0 Å². The molecule has 0 saturated carbocycles. The lowest BCUT2D eigenvalue weighted by molar-refractivity contribution is 1.23. The number of rotatable bonds is 15. The molecule has 0 fully saturated rings. The van der Waals surface area contributed by atoms with Crippen LogP contribution in [0, 0.1) is 0 Å². The maximum absolute atomic E-state index is 2.74. The van der Waals surface area contributed by atoms with Crippen molar-refractivity contribution in [3.05, 3.63) is 461 Å². The van der Waals surface area contributed by atoms with Gasteiger partial charge in [0.05, 0.1) is 17.1 Å². The molecule has 0 aromatic heterocycles. The van der Waals surface area contributed by atoms with Gasteiger partial charge in [-0.1, -0.05) is 388 Å². The van der Waals surface area contributed by atoms with Crippen molar-refractivity contribution in [2.75, 3.05) is 14.7 Å². The third-order valence-electron chi connectivity index (χ3n) is 24.9. The van der Waals surface area contributed by atoms with Crippen LogP contribution in [0.2, 0.25) is 0 Å². The molecule has 21 aromatic carbocycles. The second-order valence-electron chi connectivity index (χ2n) is 31.7. The third kappa shape index (κ3) is 11.9. The zero-order valence-electron chi connectivity index (χ0n) is 65.8. The quantitative estimate of drug-likeness (QED) is 0.0575. The molecule has 0 unspecified atom stereocenters. The van der Waals surface area contributed by atoms with Gasteiger partial charge in [0, 0.05) is 56.4 Å². The lowest BCUT2D eigenvalue weighted by atomic mass is 9.33. The first-order valence-corrected chi connectivity index (χ1v) is 41.6. The Morgan fingerprint density at radius 2 is 0.517 bits per heavy atom. The number of hydrogen-bond donors (Lipinski definition) is 0. The van der Waals surface area contributed by atoms with Crippen molar-refractivity contribution in [2.45, 2.75) is 0 Å². The van der Waals surface area contributed by atoms with E-state index in [1.807, 2.05) is 0 Å². The zero-order chi connectivity index (χ0) is 79.1. The molecule has 0 spiro atoms. The minimum Gasteiger partial charge on any atom is -0.310 e. The predicted molar refractivity (Wildman–Crippen MR) is 511 cm³/mol. The highest BCUT2D eigenvalue weighted by atomic mass is 15.2. The van der Waals surface area contributed by atoms with E-state index in [0.29, 0.717) is 0 Å². The zero-order valence-corrected chi connectivity index (χ0v) is 65.8. The van der Waals surface area contributed by atoms with E-state index < -0.39 is 0 Å². The largest absolute Gasteiger partial charge is 0.310 e. The Balaban J connectivity index is 0.909. The predicted octanol–water partition coefficient (Wildman–Crippen LogP) is 30.0. The van der Waals surface area contributed by atoms with Gasteiger partial charge in [-0.3, -0.25) is 0 Å². The Morgan fingerprint density at radius 1 is 0.175 bits per heavy atom. The number of hydrogen-bond acceptors (Lipinski definition) is 3. The topological polar surface area (TPSA) is 9.72 Å². The smallest absolute Gasteiger partial charge is 0.252 e. The first kappa shape index (κ1) is 69.8. The lowest BCUT2D eigenvalue weighted by Gasteiger charge is -2.46. The molecule has 0 N–H and O–H groups in total. The summed E-state index contributed by atoms with van der Waals surface area (Å²) < 4.78 is 0. The van der Waals surface area contributed by atoms with E-state index >= 15 is 0 Å². The van der Waals surface area contributed by atoms with Crippen molar-refractivity contribution in [1.29, 1.82) is 0 Å². The summed E-state index contributed by atoms with van der Waals surface area (Å²) in [7, 11) is 0. The van der Waals surface area contributed by atoms with Crippen molar-refractivity contribution in [3.8, 4) is 111 Å². The summed E-state index contributed by atoms with van der Waals surface area (Å²) in [4.78, 5) is 7.95. The van der Waals surface area contributed by atoms with Crippen LogP contribution in [-0.2, 0) is 0 Å². The molecule has 2 aliphatic heterocycles. The van der Waals surface area contributed by atoms with E-state index in [4.69, 9.17) is 0 Å².